The number of aryl methyl sites for hydroxylation is 1. The zero-order valence-electron chi connectivity index (χ0n) is 14.3. The average Bonchev–Trinajstić information content (AvgIpc) is 3.26. The first-order valence-electron chi connectivity index (χ1n) is 8.33. The summed E-state index contributed by atoms with van der Waals surface area (Å²) in [5.74, 6) is 0.217. The van der Waals surface area contributed by atoms with E-state index in [4.69, 9.17) is 4.74 Å². The number of aromatic nitrogens is 2. The van der Waals surface area contributed by atoms with Gasteiger partial charge in [0.25, 0.3) is 0 Å². The molecule has 25 heavy (non-hydrogen) atoms. The van der Waals surface area contributed by atoms with Gasteiger partial charge in [0.05, 0.1) is 17.3 Å². The summed E-state index contributed by atoms with van der Waals surface area (Å²) in [7, 11) is 3.62. The van der Waals surface area contributed by atoms with Crippen molar-refractivity contribution in [2.75, 3.05) is 30.0 Å². The van der Waals surface area contributed by atoms with Gasteiger partial charge in [0.1, 0.15) is 18.5 Å². The minimum absolute atomic E-state index is 0.0517. The summed E-state index contributed by atoms with van der Waals surface area (Å²) in [6.07, 6.45) is 3.79. The minimum atomic E-state index is -0.380. The lowest BCUT2D eigenvalue weighted by molar-refractivity contribution is -0.126. The molecule has 0 bridgehead atoms. The van der Waals surface area contributed by atoms with Crippen LogP contribution in [-0.2, 0) is 21.4 Å². The smallest absolute Gasteiger partial charge is 0.246 e. The summed E-state index contributed by atoms with van der Waals surface area (Å²) in [5.41, 5.74) is 1.51. The number of anilines is 2. The van der Waals surface area contributed by atoms with E-state index in [0.717, 1.165) is 17.2 Å². The molecule has 0 spiro atoms. The van der Waals surface area contributed by atoms with Gasteiger partial charge >= 0.3 is 0 Å². The second-order valence-electron chi connectivity index (χ2n) is 6.45. The zero-order chi connectivity index (χ0) is 17.6. The number of fused-ring (bicyclic) bond motifs is 1. The average molecular weight is 340 g/mol. The van der Waals surface area contributed by atoms with Crippen molar-refractivity contribution >= 4 is 23.2 Å². The van der Waals surface area contributed by atoms with Gasteiger partial charge in [-0.25, -0.2) is 4.98 Å². The Morgan fingerprint density at radius 1 is 1.24 bits per heavy atom. The van der Waals surface area contributed by atoms with Crippen LogP contribution in [0.15, 0.2) is 36.7 Å². The van der Waals surface area contributed by atoms with Crippen LogP contribution in [0, 0.1) is 5.92 Å². The number of likely N-dealkylation sites (N-methyl/N-ethyl adjacent to an activating group) is 1. The highest BCUT2D eigenvalue weighted by Gasteiger charge is 2.42. The lowest BCUT2D eigenvalue weighted by atomic mass is 9.97. The van der Waals surface area contributed by atoms with Crippen molar-refractivity contribution in [1.82, 2.24) is 9.55 Å². The van der Waals surface area contributed by atoms with Crippen LogP contribution < -0.4 is 9.80 Å². The Kier molecular flexibility index (Phi) is 3.80. The molecule has 2 aromatic rings. The molecule has 1 aromatic carbocycles. The predicted molar refractivity (Wildman–Crippen MR) is 92.2 cm³/mol. The van der Waals surface area contributed by atoms with Gasteiger partial charge in [0, 0.05) is 33.1 Å². The second kappa shape index (κ2) is 6.00. The van der Waals surface area contributed by atoms with E-state index < -0.39 is 0 Å². The monoisotopic (exact) mass is 340 g/mol. The molecule has 7 nitrogen and oxygen atoms in total. The van der Waals surface area contributed by atoms with Crippen LogP contribution in [0.25, 0.3) is 0 Å². The van der Waals surface area contributed by atoms with Crippen LogP contribution in [0.5, 0.6) is 0 Å². The Hall–Kier alpha value is -2.67. The van der Waals surface area contributed by atoms with E-state index in [2.05, 4.69) is 4.98 Å². The fraction of sp³-hybridized carbons (Fsp3) is 0.389. The third-order valence-electron chi connectivity index (χ3n) is 4.99. The lowest BCUT2D eigenvalue weighted by Gasteiger charge is -2.35. The number of rotatable bonds is 2. The highest BCUT2D eigenvalue weighted by molar-refractivity contribution is 6.11. The first-order valence-corrected chi connectivity index (χ1v) is 8.33. The number of nitrogens with zero attached hydrogens (tertiary/aromatic N) is 4. The molecule has 7 heteroatoms. The van der Waals surface area contributed by atoms with Gasteiger partial charge < -0.3 is 19.1 Å². The van der Waals surface area contributed by atoms with E-state index >= 15 is 0 Å². The van der Waals surface area contributed by atoms with Gasteiger partial charge in [-0.2, -0.15) is 0 Å². The molecular weight excluding hydrogens is 320 g/mol. The molecule has 0 radical (unpaired) electrons. The molecule has 0 unspecified atom stereocenters. The van der Waals surface area contributed by atoms with Crippen molar-refractivity contribution in [1.29, 1.82) is 0 Å². The molecule has 3 heterocycles. The van der Waals surface area contributed by atoms with E-state index in [1.807, 2.05) is 42.1 Å². The SMILES string of the molecule is CN1C(=O)CN(C(=O)[C@@H]2CCO[C@H]2c2nccn2C)c2ccccc21. The number of carbonyl (C=O) groups excluding carboxylic acids is 2. The van der Waals surface area contributed by atoms with Crippen molar-refractivity contribution in [3.05, 3.63) is 42.5 Å². The highest BCUT2D eigenvalue weighted by atomic mass is 16.5. The molecule has 0 N–H and O–H groups in total. The van der Waals surface area contributed by atoms with Crippen molar-refractivity contribution in [2.24, 2.45) is 13.0 Å². The molecular formula is C18H20N4O3. The maximum atomic E-state index is 13.3. The number of ether oxygens (including phenoxy) is 1. The first-order chi connectivity index (χ1) is 12.1. The molecule has 0 aliphatic carbocycles. The van der Waals surface area contributed by atoms with Crippen LogP contribution in [0.4, 0.5) is 11.4 Å². The number of imidazole rings is 1. The number of hydrogen-bond donors (Lipinski definition) is 0. The van der Waals surface area contributed by atoms with Gasteiger partial charge in [0.15, 0.2) is 0 Å². The molecule has 1 fully saturated rings. The fourth-order valence-electron chi connectivity index (χ4n) is 3.58. The Labute approximate surface area is 145 Å². The molecule has 130 valence electrons. The van der Waals surface area contributed by atoms with Gasteiger partial charge in [0.2, 0.25) is 11.8 Å². The zero-order valence-corrected chi connectivity index (χ0v) is 14.3. The normalized spacial score (nSPS) is 23.0. The third-order valence-corrected chi connectivity index (χ3v) is 4.99. The number of hydrogen-bond acceptors (Lipinski definition) is 4. The van der Waals surface area contributed by atoms with Gasteiger partial charge in [-0.3, -0.25) is 9.59 Å². The summed E-state index contributed by atoms with van der Waals surface area (Å²) in [6, 6.07) is 7.48. The van der Waals surface area contributed by atoms with Gasteiger partial charge in [-0.1, -0.05) is 12.1 Å². The molecule has 0 saturated carbocycles. The van der Waals surface area contributed by atoms with E-state index in [0.29, 0.717) is 13.0 Å². The van der Waals surface area contributed by atoms with Crippen LogP contribution >= 0.6 is 0 Å². The van der Waals surface area contributed by atoms with Crippen molar-refractivity contribution < 1.29 is 14.3 Å². The largest absolute Gasteiger partial charge is 0.369 e. The molecule has 1 aromatic heterocycles. The molecule has 1 saturated heterocycles. The topological polar surface area (TPSA) is 67.7 Å². The van der Waals surface area contributed by atoms with Gasteiger partial charge in [-0.15, -0.1) is 0 Å². The Balaban J connectivity index is 1.68. The molecule has 2 aliphatic heterocycles. The van der Waals surface area contributed by atoms with E-state index in [-0.39, 0.29) is 30.4 Å². The number of benzene rings is 1. The van der Waals surface area contributed by atoms with Crippen LogP contribution in [0.3, 0.4) is 0 Å². The lowest BCUT2D eigenvalue weighted by Crippen LogP contribution is -2.49. The van der Waals surface area contributed by atoms with Crippen LogP contribution in [-0.4, -0.2) is 41.6 Å². The van der Waals surface area contributed by atoms with Crippen molar-refractivity contribution in [3.63, 3.8) is 0 Å². The Morgan fingerprint density at radius 3 is 2.72 bits per heavy atom. The van der Waals surface area contributed by atoms with Crippen LogP contribution in [0.2, 0.25) is 0 Å². The minimum Gasteiger partial charge on any atom is -0.369 e. The summed E-state index contributed by atoms with van der Waals surface area (Å²) < 4.78 is 7.69. The second-order valence-corrected chi connectivity index (χ2v) is 6.45. The fourth-order valence-corrected chi connectivity index (χ4v) is 3.58. The highest BCUT2D eigenvalue weighted by Crippen LogP contribution is 2.39. The molecule has 4 rings (SSSR count). The number of para-hydroxylation sites is 2. The molecule has 2 atom stereocenters. The summed E-state index contributed by atoms with van der Waals surface area (Å²) >= 11 is 0. The number of amides is 2. The molecule has 2 aliphatic rings. The first kappa shape index (κ1) is 15.8. The maximum absolute atomic E-state index is 13.3. The summed E-state index contributed by atoms with van der Waals surface area (Å²) in [5, 5.41) is 0. The third kappa shape index (κ3) is 2.51. The number of carbonyl (C=O) groups is 2. The van der Waals surface area contributed by atoms with Crippen molar-refractivity contribution in [2.45, 2.75) is 12.5 Å². The Bertz CT molecular complexity index is 831. The van der Waals surface area contributed by atoms with Crippen LogP contribution in [0.1, 0.15) is 18.3 Å². The van der Waals surface area contributed by atoms with E-state index in [1.54, 1.807) is 23.0 Å². The Morgan fingerprint density at radius 2 is 2.00 bits per heavy atom. The standard InChI is InChI=1S/C18H20N4O3/c1-20-9-8-19-17(20)16-12(7-10-25-16)18(24)22-11-15(23)21(2)13-5-3-4-6-14(13)22/h3-6,8-9,12,16H,7,10-11H2,1-2H3/t12-,16-/m1/s1. The van der Waals surface area contributed by atoms with Gasteiger partial charge in [-0.05, 0) is 18.6 Å². The molecule has 2 amide bonds. The predicted octanol–water partition coefficient (Wildman–Crippen LogP) is 1.51. The quantitative estimate of drug-likeness (QED) is 0.831. The van der Waals surface area contributed by atoms with Crippen molar-refractivity contribution in [3.8, 4) is 0 Å². The maximum Gasteiger partial charge on any atom is 0.246 e. The van der Waals surface area contributed by atoms with E-state index in [9.17, 15) is 9.59 Å². The summed E-state index contributed by atoms with van der Waals surface area (Å²) in [4.78, 5) is 33.1. The summed E-state index contributed by atoms with van der Waals surface area (Å²) in [6.45, 7) is 0.563. The van der Waals surface area contributed by atoms with E-state index in [1.165, 1.54) is 0 Å².